The molecular formula is C16H26N2O2. The lowest BCUT2D eigenvalue weighted by Crippen LogP contribution is -2.38. The Morgan fingerprint density at radius 2 is 2.20 bits per heavy atom. The third kappa shape index (κ3) is 4.12. The van der Waals surface area contributed by atoms with E-state index in [1.165, 1.54) is 12.0 Å². The molecule has 2 rings (SSSR count). The molecule has 1 aromatic rings. The molecule has 2 atom stereocenters. The Hall–Kier alpha value is -1.26. The van der Waals surface area contributed by atoms with E-state index in [4.69, 9.17) is 15.2 Å². The number of nitrogens with two attached hydrogens (primary N) is 1. The van der Waals surface area contributed by atoms with Gasteiger partial charge in [0.05, 0.1) is 7.11 Å². The Bertz CT molecular complexity index is 434. The lowest BCUT2D eigenvalue weighted by molar-refractivity contribution is 0.101. The van der Waals surface area contributed by atoms with E-state index < -0.39 is 0 Å². The molecule has 0 saturated carbocycles. The fourth-order valence-electron chi connectivity index (χ4n) is 2.71. The molecule has 4 heteroatoms. The Morgan fingerprint density at radius 1 is 1.40 bits per heavy atom. The molecule has 1 aromatic carbocycles. The van der Waals surface area contributed by atoms with Crippen LogP contribution < -0.4 is 15.2 Å². The van der Waals surface area contributed by atoms with Gasteiger partial charge in [0.2, 0.25) is 0 Å². The standard InChI is InChI=1S/C16H26N2O2/c1-12(17)9-13-6-7-15(19-3)16(10-13)20-14-5-4-8-18(2)11-14/h6-7,10,12,14H,4-5,8-9,11,17H2,1-3H3. The number of benzene rings is 1. The number of likely N-dealkylation sites (tertiary alicyclic amines) is 1. The summed E-state index contributed by atoms with van der Waals surface area (Å²) in [4.78, 5) is 2.31. The van der Waals surface area contributed by atoms with Gasteiger partial charge in [-0.3, -0.25) is 0 Å². The summed E-state index contributed by atoms with van der Waals surface area (Å²) in [5.74, 6) is 1.64. The van der Waals surface area contributed by atoms with E-state index in [9.17, 15) is 0 Å². The van der Waals surface area contributed by atoms with Crippen molar-refractivity contribution in [2.45, 2.75) is 38.3 Å². The van der Waals surface area contributed by atoms with Gasteiger partial charge in [-0.15, -0.1) is 0 Å². The summed E-state index contributed by atoms with van der Waals surface area (Å²) in [5.41, 5.74) is 7.06. The van der Waals surface area contributed by atoms with E-state index in [1.54, 1.807) is 7.11 Å². The maximum atomic E-state index is 6.16. The van der Waals surface area contributed by atoms with Crippen molar-refractivity contribution in [2.75, 3.05) is 27.2 Å². The molecular weight excluding hydrogens is 252 g/mol. The van der Waals surface area contributed by atoms with Gasteiger partial charge >= 0.3 is 0 Å². The highest BCUT2D eigenvalue weighted by Crippen LogP contribution is 2.30. The monoisotopic (exact) mass is 278 g/mol. The Balaban J connectivity index is 2.11. The predicted octanol–water partition coefficient (Wildman–Crippen LogP) is 2.06. The van der Waals surface area contributed by atoms with Gasteiger partial charge in [-0.1, -0.05) is 6.07 Å². The number of hydrogen-bond donors (Lipinski definition) is 1. The summed E-state index contributed by atoms with van der Waals surface area (Å²) in [7, 11) is 3.82. The van der Waals surface area contributed by atoms with Gasteiger partial charge in [-0.25, -0.2) is 0 Å². The molecule has 0 aliphatic carbocycles. The highest BCUT2D eigenvalue weighted by molar-refractivity contribution is 5.43. The normalized spacial score (nSPS) is 21.5. The number of ether oxygens (including phenoxy) is 2. The zero-order valence-corrected chi connectivity index (χ0v) is 12.8. The highest BCUT2D eigenvalue weighted by atomic mass is 16.5. The topological polar surface area (TPSA) is 47.7 Å². The van der Waals surface area contributed by atoms with E-state index in [-0.39, 0.29) is 12.1 Å². The number of methoxy groups -OCH3 is 1. The molecule has 1 aliphatic heterocycles. The van der Waals surface area contributed by atoms with E-state index in [1.807, 2.05) is 13.0 Å². The van der Waals surface area contributed by atoms with Crippen molar-refractivity contribution in [1.82, 2.24) is 4.90 Å². The summed E-state index contributed by atoms with van der Waals surface area (Å²) in [6, 6.07) is 6.25. The Kier molecular flexibility index (Phi) is 5.26. The maximum absolute atomic E-state index is 6.16. The van der Waals surface area contributed by atoms with E-state index >= 15 is 0 Å². The first kappa shape index (κ1) is 15.1. The molecule has 1 fully saturated rings. The first-order valence-electron chi connectivity index (χ1n) is 7.36. The van der Waals surface area contributed by atoms with Crippen LogP contribution in [0.25, 0.3) is 0 Å². The van der Waals surface area contributed by atoms with Gasteiger partial charge < -0.3 is 20.1 Å². The van der Waals surface area contributed by atoms with Crippen molar-refractivity contribution in [3.05, 3.63) is 23.8 Å². The molecule has 4 nitrogen and oxygen atoms in total. The Labute approximate surface area is 121 Å². The number of hydrogen-bond acceptors (Lipinski definition) is 4. The highest BCUT2D eigenvalue weighted by Gasteiger charge is 2.20. The van der Waals surface area contributed by atoms with Crippen LogP contribution in [0.5, 0.6) is 11.5 Å². The molecule has 0 bridgehead atoms. The molecule has 0 radical (unpaired) electrons. The molecule has 0 spiro atoms. The summed E-state index contributed by atoms with van der Waals surface area (Å²) in [5, 5.41) is 0. The third-order valence-corrected chi connectivity index (χ3v) is 3.66. The van der Waals surface area contributed by atoms with E-state index in [0.29, 0.717) is 0 Å². The largest absolute Gasteiger partial charge is 0.493 e. The predicted molar refractivity (Wildman–Crippen MR) is 81.5 cm³/mol. The lowest BCUT2D eigenvalue weighted by Gasteiger charge is -2.30. The lowest BCUT2D eigenvalue weighted by atomic mass is 10.1. The number of rotatable bonds is 5. The quantitative estimate of drug-likeness (QED) is 0.895. The van der Waals surface area contributed by atoms with Crippen LogP contribution in [0.2, 0.25) is 0 Å². The van der Waals surface area contributed by atoms with Crippen molar-refractivity contribution in [3.63, 3.8) is 0 Å². The molecule has 1 heterocycles. The average molecular weight is 278 g/mol. The molecule has 112 valence electrons. The summed E-state index contributed by atoms with van der Waals surface area (Å²) < 4.78 is 11.6. The number of nitrogens with zero attached hydrogens (tertiary/aromatic N) is 1. The second kappa shape index (κ2) is 6.95. The molecule has 1 aliphatic rings. The van der Waals surface area contributed by atoms with Gasteiger partial charge in [-0.05, 0) is 57.5 Å². The zero-order chi connectivity index (χ0) is 14.5. The molecule has 20 heavy (non-hydrogen) atoms. The van der Waals surface area contributed by atoms with Crippen LogP contribution in [0.1, 0.15) is 25.3 Å². The average Bonchev–Trinajstić information content (AvgIpc) is 2.38. The van der Waals surface area contributed by atoms with Crippen LogP contribution in [-0.4, -0.2) is 44.3 Å². The van der Waals surface area contributed by atoms with Crippen molar-refractivity contribution in [2.24, 2.45) is 5.73 Å². The number of piperidine rings is 1. The fraction of sp³-hybridized carbons (Fsp3) is 0.625. The SMILES string of the molecule is COc1ccc(CC(C)N)cc1OC1CCCN(C)C1. The molecule has 2 N–H and O–H groups in total. The van der Waals surface area contributed by atoms with E-state index in [2.05, 4.69) is 24.1 Å². The van der Waals surface area contributed by atoms with Crippen LogP contribution in [0.3, 0.4) is 0 Å². The second-order valence-electron chi connectivity index (χ2n) is 5.81. The van der Waals surface area contributed by atoms with Gasteiger partial charge in [0.1, 0.15) is 6.10 Å². The molecule has 1 saturated heterocycles. The summed E-state index contributed by atoms with van der Waals surface area (Å²) >= 11 is 0. The summed E-state index contributed by atoms with van der Waals surface area (Å²) in [6.45, 7) is 4.14. The first-order valence-corrected chi connectivity index (χ1v) is 7.36. The molecule has 0 aromatic heterocycles. The van der Waals surface area contributed by atoms with Crippen LogP contribution in [0.15, 0.2) is 18.2 Å². The van der Waals surface area contributed by atoms with Gasteiger partial charge in [-0.2, -0.15) is 0 Å². The van der Waals surface area contributed by atoms with Gasteiger partial charge in [0.15, 0.2) is 11.5 Å². The fourth-order valence-corrected chi connectivity index (χ4v) is 2.71. The number of likely N-dealkylation sites (N-methyl/N-ethyl adjacent to an activating group) is 1. The maximum Gasteiger partial charge on any atom is 0.161 e. The van der Waals surface area contributed by atoms with Crippen molar-refractivity contribution in [1.29, 1.82) is 0 Å². The molecule has 0 amide bonds. The van der Waals surface area contributed by atoms with E-state index in [0.717, 1.165) is 37.4 Å². The van der Waals surface area contributed by atoms with Crippen molar-refractivity contribution in [3.8, 4) is 11.5 Å². The summed E-state index contributed by atoms with van der Waals surface area (Å²) in [6.07, 6.45) is 3.38. The minimum Gasteiger partial charge on any atom is -0.493 e. The minimum absolute atomic E-state index is 0.150. The van der Waals surface area contributed by atoms with Crippen LogP contribution in [0, 0.1) is 0 Å². The van der Waals surface area contributed by atoms with Gasteiger partial charge in [0, 0.05) is 12.6 Å². The van der Waals surface area contributed by atoms with Crippen LogP contribution in [-0.2, 0) is 6.42 Å². The first-order chi connectivity index (χ1) is 9.58. The zero-order valence-electron chi connectivity index (χ0n) is 12.8. The van der Waals surface area contributed by atoms with Crippen LogP contribution in [0.4, 0.5) is 0 Å². The minimum atomic E-state index is 0.150. The van der Waals surface area contributed by atoms with Gasteiger partial charge in [0.25, 0.3) is 0 Å². The van der Waals surface area contributed by atoms with Crippen molar-refractivity contribution < 1.29 is 9.47 Å². The smallest absolute Gasteiger partial charge is 0.161 e. The molecule has 2 unspecified atom stereocenters. The third-order valence-electron chi connectivity index (χ3n) is 3.66. The Morgan fingerprint density at radius 3 is 2.85 bits per heavy atom. The van der Waals surface area contributed by atoms with Crippen molar-refractivity contribution >= 4 is 0 Å². The second-order valence-corrected chi connectivity index (χ2v) is 5.81. The van der Waals surface area contributed by atoms with Crippen LogP contribution >= 0.6 is 0 Å².